The lowest BCUT2D eigenvalue weighted by Crippen LogP contribution is -3.61. The van der Waals surface area contributed by atoms with Gasteiger partial charge in [-0.3, -0.25) is 0 Å². The van der Waals surface area contributed by atoms with Gasteiger partial charge < -0.3 is 4.55 Å². The molecule has 0 unspecified atom stereocenters. The van der Waals surface area contributed by atoms with Crippen LogP contribution in [0.3, 0.4) is 0 Å². The molecule has 0 aliphatic carbocycles. The molecule has 3 aromatic carbocycles. The van der Waals surface area contributed by atoms with Crippen LogP contribution in [-0.4, -0.2) is 13.0 Å². The molecule has 0 atom stereocenters. The molecule has 0 heterocycles. The van der Waals surface area contributed by atoms with Crippen LogP contribution in [0.25, 0.3) is 0 Å². The van der Waals surface area contributed by atoms with Crippen LogP contribution in [-0.2, 0) is 29.1 Å². The van der Waals surface area contributed by atoms with Gasteiger partial charge in [0, 0.05) is 0 Å². The average molecular weight is 562 g/mol. The van der Waals surface area contributed by atoms with Gasteiger partial charge in [-0.05, 0) is 60.4 Å². The topological polar surface area (TPSA) is 57.2 Å². The number of benzene rings is 3. The van der Waals surface area contributed by atoms with Crippen molar-refractivity contribution in [2.24, 2.45) is 0 Å². The lowest BCUT2D eigenvalue weighted by molar-refractivity contribution is -0.597. The molecule has 0 aliphatic heterocycles. The van der Waals surface area contributed by atoms with Crippen LogP contribution in [0.4, 0.5) is 13.2 Å². The van der Waals surface area contributed by atoms with Gasteiger partial charge in [-0.1, -0.05) is 50.2 Å². The van der Waals surface area contributed by atoms with Gasteiger partial charge in [0.25, 0.3) is 0 Å². The van der Waals surface area contributed by atoms with Crippen LogP contribution < -0.4 is 21.2 Å². The van der Waals surface area contributed by atoms with E-state index in [0.29, 0.717) is 12.1 Å². The smallest absolute Gasteiger partial charge is 0.417 e. The summed E-state index contributed by atoms with van der Waals surface area (Å²) in [7, 11) is -5.09. The molecule has 0 aromatic heterocycles. The summed E-state index contributed by atoms with van der Waals surface area (Å²) in [6.07, 6.45) is -2.58. The zero-order valence-electron chi connectivity index (χ0n) is 17.0. The Labute approximate surface area is 191 Å². The molecule has 3 rings (SSSR count). The monoisotopic (exact) mass is 562 g/mol. The molecule has 31 heavy (non-hydrogen) atoms. The van der Waals surface area contributed by atoms with Gasteiger partial charge in [-0.2, -0.15) is 13.2 Å². The number of hydrogen-bond acceptors (Lipinski definition) is 3. The van der Waals surface area contributed by atoms with Crippen LogP contribution in [0, 0.1) is 7.14 Å². The maximum absolute atomic E-state index is 12.2. The predicted octanol–water partition coefficient (Wildman–Crippen LogP) is 2.55. The second-order valence-corrected chi connectivity index (χ2v) is 10.9. The number of hydrogen-bond donors (Lipinski definition) is 0. The molecule has 0 saturated carbocycles. The quantitative estimate of drug-likeness (QED) is 0.355. The highest BCUT2D eigenvalue weighted by Crippen LogP contribution is 2.33. The summed E-state index contributed by atoms with van der Waals surface area (Å²) in [5.74, 6) is 0. The van der Waals surface area contributed by atoms with E-state index in [1.54, 1.807) is 0 Å². The van der Waals surface area contributed by atoms with Gasteiger partial charge in [0.15, 0.2) is 7.14 Å². The standard InChI is InChI=1S/C16H18I.C7H5F3O3S/c1-3-13-5-9-15(10-6-13)17-16-11-7-14(4-2)8-12-16;8-7(9,10)5-3-1-2-4-6(5)14(11,12)13/h5-12H,3-4H2,1-2H3;1-4H,(H,11,12,13)/q+1;/p-1. The number of rotatable bonds is 5. The summed E-state index contributed by atoms with van der Waals surface area (Å²) in [6.45, 7) is 4.40. The molecule has 166 valence electrons. The minimum absolute atomic E-state index is 0.00746. The largest absolute Gasteiger partial charge is 0.744 e. The minimum atomic E-state index is -5.09. The molecule has 3 aromatic rings. The maximum Gasteiger partial charge on any atom is 0.417 e. The Morgan fingerprint density at radius 3 is 1.52 bits per heavy atom. The Hall–Kier alpha value is -1.91. The number of aryl methyl sites for hydroxylation is 2. The fourth-order valence-electron chi connectivity index (χ4n) is 2.61. The zero-order valence-corrected chi connectivity index (χ0v) is 20.0. The van der Waals surface area contributed by atoms with Crippen LogP contribution in [0.2, 0.25) is 0 Å². The highest BCUT2D eigenvalue weighted by Gasteiger charge is 2.34. The van der Waals surface area contributed by atoms with Crippen LogP contribution in [0.5, 0.6) is 0 Å². The van der Waals surface area contributed by atoms with Crippen molar-refractivity contribution < 1.29 is 47.3 Å². The molecule has 0 radical (unpaired) electrons. The fourth-order valence-corrected chi connectivity index (χ4v) is 5.47. The molecule has 0 saturated heterocycles. The third kappa shape index (κ3) is 7.93. The molecular formula is C23H22F3IO3S. The van der Waals surface area contributed by atoms with Gasteiger partial charge in [-0.15, -0.1) is 0 Å². The van der Waals surface area contributed by atoms with E-state index in [4.69, 9.17) is 0 Å². The summed E-state index contributed by atoms with van der Waals surface area (Å²) in [5, 5.41) is 0. The Bertz CT molecular complexity index is 1030. The van der Waals surface area contributed by atoms with Gasteiger partial charge in [0.1, 0.15) is 10.1 Å². The van der Waals surface area contributed by atoms with Crippen molar-refractivity contribution in [3.05, 3.63) is 96.6 Å². The van der Waals surface area contributed by atoms with E-state index in [0.717, 1.165) is 25.0 Å². The molecule has 0 amide bonds. The number of halogens is 4. The maximum atomic E-state index is 12.2. The second-order valence-electron chi connectivity index (χ2n) is 6.50. The highest BCUT2D eigenvalue weighted by molar-refractivity contribution is 7.85. The van der Waals surface area contributed by atoms with Crippen LogP contribution in [0.15, 0.2) is 77.7 Å². The lowest BCUT2D eigenvalue weighted by atomic mass is 10.2. The van der Waals surface area contributed by atoms with E-state index >= 15 is 0 Å². The van der Waals surface area contributed by atoms with Gasteiger partial charge in [0.05, 0.1) is 10.5 Å². The van der Waals surface area contributed by atoms with E-state index in [1.165, 1.54) is 18.3 Å². The minimum Gasteiger partial charge on any atom is -0.744 e. The third-order valence-corrected chi connectivity index (χ3v) is 7.90. The van der Waals surface area contributed by atoms with Crippen LogP contribution in [0.1, 0.15) is 30.5 Å². The van der Waals surface area contributed by atoms with E-state index in [-0.39, 0.29) is 21.2 Å². The van der Waals surface area contributed by atoms with Gasteiger partial charge in [-0.25, -0.2) is 8.42 Å². The molecule has 3 nitrogen and oxygen atoms in total. The SMILES string of the molecule is CCc1ccc([I+]c2ccc(CC)cc2)cc1.O=S(=O)([O-])c1ccccc1C(F)(F)F. The molecule has 0 N–H and O–H groups in total. The average Bonchev–Trinajstić information content (AvgIpc) is 2.74. The Morgan fingerprint density at radius 2 is 1.19 bits per heavy atom. The van der Waals surface area contributed by atoms with Gasteiger partial charge >= 0.3 is 27.4 Å². The molecule has 8 heteroatoms. The first-order chi connectivity index (χ1) is 14.5. The first kappa shape index (κ1) is 25.4. The normalized spacial score (nSPS) is 11.5. The number of alkyl halides is 3. The van der Waals surface area contributed by atoms with Crippen LogP contribution >= 0.6 is 0 Å². The molecule has 0 bridgehead atoms. The summed E-state index contributed by atoms with van der Waals surface area (Å²) < 4.78 is 70.9. The van der Waals surface area contributed by atoms with Crippen molar-refractivity contribution in [2.75, 3.05) is 0 Å². The predicted molar refractivity (Wildman–Crippen MR) is 108 cm³/mol. The zero-order chi connectivity index (χ0) is 23.1. The molecule has 0 spiro atoms. The molecule has 0 aliphatic rings. The van der Waals surface area contributed by atoms with Crippen molar-refractivity contribution in [2.45, 2.75) is 37.8 Å². The third-order valence-electron chi connectivity index (χ3n) is 4.32. The van der Waals surface area contributed by atoms with E-state index < -0.39 is 26.8 Å². The van der Waals surface area contributed by atoms with E-state index in [2.05, 4.69) is 62.4 Å². The summed E-state index contributed by atoms with van der Waals surface area (Å²) in [5.41, 5.74) is 1.42. The van der Waals surface area contributed by atoms with Crippen molar-refractivity contribution in [3.8, 4) is 0 Å². The Morgan fingerprint density at radius 1 is 0.774 bits per heavy atom. The molecule has 0 fully saturated rings. The van der Waals surface area contributed by atoms with E-state index in [1.807, 2.05) is 0 Å². The summed E-state index contributed by atoms with van der Waals surface area (Å²) >= 11 is -0.00746. The van der Waals surface area contributed by atoms with Crippen molar-refractivity contribution >= 4 is 10.1 Å². The lowest BCUT2D eigenvalue weighted by Gasteiger charge is -2.14. The Balaban J connectivity index is 0.000000225. The first-order valence-corrected chi connectivity index (χ1v) is 13.1. The van der Waals surface area contributed by atoms with Crippen molar-refractivity contribution in [1.29, 1.82) is 0 Å². The van der Waals surface area contributed by atoms with E-state index in [9.17, 15) is 26.1 Å². The molecular weight excluding hydrogens is 540 g/mol. The summed E-state index contributed by atoms with van der Waals surface area (Å²) in [4.78, 5) is -1.24. The Kier molecular flexibility index (Phi) is 9.08. The van der Waals surface area contributed by atoms with Crippen molar-refractivity contribution in [1.82, 2.24) is 0 Å². The second kappa shape index (κ2) is 11.1. The highest BCUT2D eigenvalue weighted by atomic mass is 127. The van der Waals surface area contributed by atoms with Gasteiger partial charge in [0.2, 0.25) is 0 Å². The van der Waals surface area contributed by atoms with Crippen molar-refractivity contribution in [3.63, 3.8) is 0 Å². The summed E-state index contributed by atoms with van der Waals surface area (Å²) in [6, 6.07) is 21.4. The first-order valence-electron chi connectivity index (χ1n) is 9.49. The fraction of sp³-hybridized carbons (Fsp3) is 0.217.